The third kappa shape index (κ3) is 16.4. The molecule has 0 heterocycles. The number of rotatable bonds is 23. The Labute approximate surface area is 266 Å². The molecule has 0 aliphatic heterocycles. The van der Waals surface area contributed by atoms with Crippen molar-refractivity contribution in [1.29, 1.82) is 0 Å². The number of aliphatic hydroxyl groups is 2. The Bertz CT molecular complexity index is 1240. The minimum Gasteiger partial charge on any atom is -0.393 e. The zero-order chi connectivity index (χ0) is 32.6. The Morgan fingerprint density at radius 3 is 1.77 bits per heavy atom. The monoisotopic (exact) mass is 656 g/mol. The van der Waals surface area contributed by atoms with Gasteiger partial charge in [0.25, 0.3) is 0 Å². The van der Waals surface area contributed by atoms with Crippen molar-refractivity contribution in [2.75, 3.05) is 56.5 Å². The molecule has 44 heavy (non-hydrogen) atoms. The molecular formula is C32H56N4O6S2. The van der Waals surface area contributed by atoms with Gasteiger partial charge in [-0.2, -0.15) is 0 Å². The van der Waals surface area contributed by atoms with Crippen molar-refractivity contribution in [3.63, 3.8) is 0 Å². The maximum atomic E-state index is 11.4. The predicted molar refractivity (Wildman–Crippen MR) is 180 cm³/mol. The minimum absolute atomic E-state index is 0.0216. The first-order valence-electron chi connectivity index (χ1n) is 16.0. The Morgan fingerprint density at radius 2 is 1.30 bits per heavy atom. The number of hydrogen-bond acceptors (Lipinski definition) is 8. The largest absolute Gasteiger partial charge is 0.393 e. The van der Waals surface area contributed by atoms with Gasteiger partial charge in [-0.1, -0.05) is 51.0 Å². The zero-order valence-corrected chi connectivity index (χ0v) is 28.8. The van der Waals surface area contributed by atoms with E-state index >= 15 is 0 Å². The van der Waals surface area contributed by atoms with Gasteiger partial charge in [0.05, 0.1) is 24.7 Å². The van der Waals surface area contributed by atoms with Crippen molar-refractivity contribution in [2.45, 2.75) is 83.8 Å². The van der Waals surface area contributed by atoms with E-state index in [1.165, 1.54) is 19.3 Å². The first kappa shape index (κ1) is 38.2. The summed E-state index contributed by atoms with van der Waals surface area (Å²) in [4.78, 5) is 4.90. The first-order valence-corrected chi connectivity index (χ1v) is 19.8. The summed E-state index contributed by atoms with van der Waals surface area (Å²) in [6.07, 6.45) is 15.3. The maximum absolute atomic E-state index is 11.4. The molecule has 0 radical (unpaired) electrons. The summed E-state index contributed by atoms with van der Waals surface area (Å²) in [7, 11) is -6.60. The molecule has 3 atom stereocenters. The normalized spacial score (nSPS) is 17.1. The van der Waals surface area contributed by atoms with E-state index < -0.39 is 32.3 Å². The number of aliphatic hydroxyl groups excluding tert-OH is 2. The van der Waals surface area contributed by atoms with Crippen LogP contribution in [0, 0.1) is 5.92 Å². The smallest absolute Gasteiger partial charge is 0.229 e. The van der Waals surface area contributed by atoms with Gasteiger partial charge in [-0.3, -0.25) is 9.44 Å². The average Bonchev–Trinajstić information content (AvgIpc) is 2.95. The molecule has 0 amide bonds. The molecule has 4 N–H and O–H groups in total. The fourth-order valence-corrected chi connectivity index (χ4v) is 6.64. The fourth-order valence-electron chi connectivity index (χ4n) is 5.49. The van der Waals surface area contributed by atoms with Crippen molar-refractivity contribution in [1.82, 2.24) is 14.5 Å². The van der Waals surface area contributed by atoms with Crippen LogP contribution in [0.3, 0.4) is 0 Å². The van der Waals surface area contributed by atoms with Crippen LogP contribution in [0.15, 0.2) is 48.2 Å². The zero-order valence-electron chi connectivity index (χ0n) is 27.1. The lowest BCUT2D eigenvalue weighted by atomic mass is 9.91. The number of sulfonamides is 2. The van der Waals surface area contributed by atoms with Crippen LogP contribution in [0.25, 0.3) is 0 Å². The van der Waals surface area contributed by atoms with E-state index in [9.17, 15) is 27.0 Å². The van der Waals surface area contributed by atoms with Gasteiger partial charge >= 0.3 is 0 Å². The van der Waals surface area contributed by atoms with E-state index in [-0.39, 0.29) is 5.92 Å². The summed E-state index contributed by atoms with van der Waals surface area (Å²) in [5.74, 6) is 0.0216. The number of nitrogens with zero attached hydrogens (tertiary/aromatic N) is 2. The summed E-state index contributed by atoms with van der Waals surface area (Å²) in [6, 6.07) is 6.89. The van der Waals surface area contributed by atoms with Crippen molar-refractivity contribution >= 4 is 25.7 Å². The van der Waals surface area contributed by atoms with Crippen LogP contribution in [0.2, 0.25) is 0 Å². The number of benzene rings is 1. The Morgan fingerprint density at radius 1 is 0.773 bits per heavy atom. The van der Waals surface area contributed by atoms with Crippen LogP contribution < -0.4 is 9.44 Å². The van der Waals surface area contributed by atoms with Gasteiger partial charge in [0, 0.05) is 17.3 Å². The molecule has 3 unspecified atom stereocenters. The minimum atomic E-state index is -3.31. The summed E-state index contributed by atoms with van der Waals surface area (Å²) in [6.45, 7) is 10.4. The van der Waals surface area contributed by atoms with E-state index in [0.29, 0.717) is 24.2 Å². The first-order chi connectivity index (χ1) is 20.8. The summed E-state index contributed by atoms with van der Waals surface area (Å²) in [5, 5.41) is 21.2. The van der Waals surface area contributed by atoms with Gasteiger partial charge in [0.1, 0.15) is 0 Å². The number of allylic oxidation sites excluding steroid dienone is 2. The van der Waals surface area contributed by atoms with E-state index in [0.717, 1.165) is 83.0 Å². The molecule has 1 aromatic rings. The summed E-state index contributed by atoms with van der Waals surface area (Å²) < 4.78 is 50.4. The van der Waals surface area contributed by atoms with Gasteiger partial charge in [0.15, 0.2) is 0 Å². The molecule has 1 aromatic carbocycles. The highest BCUT2D eigenvalue weighted by molar-refractivity contribution is 7.92. The molecule has 0 saturated carbocycles. The maximum Gasteiger partial charge on any atom is 0.229 e. The molecular weight excluding hydrogens is 601 g/mol. The molecule has 10 nitrogen and oxygen atoms in total. The number of anilines is 1. The fraction of sp³-hybridized carbons (Fsp3) is 0.688. The molecule has 12 heteroatoms. The summed E-state index contributed by atoms with van der Waals surface area (Å²) in [5.41, 5.74) is 1.86. The van der Waals surface area contributed by atoms with Crippen LogP contribution in [0.5, 0.6) is 0 Å². The van der Waals surface area contributed by atoms with Gasteiger partial charge in [-0.25, -0.2) is 16.8 Å². The van der Waals surface area contributed by atoms with Gasteiger partial charge in [-0.05, 0) is 108 Å². The van der Waals surface area contributed by atoms with Crippen LogP contribution in [-0.2, 0) is 20.0 Å². The second-order valence-electron chi connectivity index (χ2n) is 11.9. The molecule has 0 spiro atoms. The van der Waals surface area contributed by atoms with Crippen LogP contribution in [0.1, 0.15) is 83.3 Å². The van der Waals surface area contributed by atoms with Gasteiger partial charge in [0.2, 0.25) is 20.0 Å². The Kier molecular flexibility index (Phi) is 17.0. The molecule has 0 saturated heterocycles. The van der Waals surface area contributed by atoms with Crippen molar-refractivity contribution < 1.29 is 27.0 Å². The molecule has 1 aliphatic rings. The Balaban J connectivity index is 1.55. The lowest BCUT2D eigenvalue weighted by Gasteiger charge is -2.24. The van der Waals surface area contributed by atoms with Crippen LogP contribution in [0.4, 0.5) is 5.69 Å². The van der Waals surface area contributed by atoms with Gasteiger partial charge < -0.3 is 20.0 Å². The highest BCUT2D eigenvalue weighted by Crippen LogP contribution is 2.23. The SMILES string of the molecule is CCN(CCCCCCN(CC)CCCC(O)C1C=CC(NS(C)(=O)=O)=CC1)CCCC(O)c1ccc(NS(C)(=O)=O)cc1. The van der Waals surface area contributed by atoms with E-state index in [2.05, 4.69) is 33.1 Å². The number of nitrogens with one attached hydrogen (secondary N) is 2. The van der Waals surface area contributed by atoms with Crippen LogP contribution >= 0.6 is 0 Å². The van der Waals surface area contributed by atoms with E-state index in [4.69, 9.17) is 0 Å². The molecule has 0 fully saturated rings. The van der Waals surface area contributed by atoms with E-state index in [1.54, 1.807) is 30.3 Å². The topological polar surface area (TPSA) is 139 Å². The predicted octanol–water partition coefficient (Wildman–Crippen LogP) is 4.23. The third-order valence-electron chi connectivity index (χ3n) is 8.05. The molecule has 2 rings (SSSR count). The van der Waals surface area contributed by atoms with Crippen LogP contribution in [-0.4, -0.2) is 94.7 Å². The molecule has 1 aliphatic carbocycles. The highest BCUT2D eigenvalue weighted by atomic mass is 32.2. The summed E-state index contributed by atoms with van der Waals surface area (Å²) >= 11 is 0. The highest BCUT2D eigenvalue weighted by Gasteiger charge is 2.19. The van der Waals surface area contributed by atoms with Crippen molar-refractivity contribution in [3.8, 4) is 0 Å². The lowest BCUT2D eigenvalue weighted by molar-refractivity contribution is 0.113. The third-order valence-corrected chi connectivity index (χ3v) is 9.26. The second kappa shape index (κ2) is 19.5. The molecule has 252 valence electrons. The molecule has 0 bridgehead atoms. The quantitative estimate of drug-likeness (QED) is 0.129. The average molecular weight is 657 g/mol. The number of hydrogen-bond donors (Lipinski definition) is 4. The second-order valence-corrected chi connectivity index (χ2v) is 15.4. The Hall–Kier alpha value is -1.96. The number of unbranched alkanes of at least 4 members (excludes halogenated alkanes) is 3. The standard InChI is InChI=1S/C32H56N4O6S2/c1-5-35(25-11-13-31(37)27-15-19-29(20-16-27)33-43(3,39)40)23-9-7-8-10-24-36(6-2)26-12-14-32(38)28-17-21-30(22-18-28)34-44(4,41)42/h15-17,19-22,28,31-34,37-38H,5-14,18,23-26H2,1-4H3. The van der Waals surface area contributed by atoms with Crippen molar-refractivity contribution in [3.05, 3.63) is 53.8 Å². The van der Waals surface area contributed by atoms with Gasteiger partial charge in [-0.15, -0.1) is 0 Å². The lowest BCUT2D eigenvalue weighted by Crippen LogP contribution is -2.28. The van der Waals surface area contributed by atoms with Crippen molar-refractivity contribution in [2.24, 2.45) is 5.92 Å². The van der Waals surface area contributed by atoms with E-state index in [1.807, 2.05) is 12.2 Å². The molecule has 0 aromatic heterocycles.